The lowest BCUT2D eigenvalue weighted by Gasteiger charge is -2.29. The number of fused-ring (bicyclic) bond motifs is 1. The van der Waals surface area contributed by atoms with Crippen molar-refractivity contribution < 1.29 is 23.6 Å². The highest BCUT2D eigenvalue weighted by atomic mass is 19.1. The van der Waals surface area contributed by atoms with E-state index in [2.05, 4.69) is 5.32 Å². The van der Waals surface area contributed by atoms with Gasteiger partial charge >= 0.3 is 0 Å². The molecule has 0 aromatic heterocycles. The average Bonchev–Trinajstić information content (AvgIpc) is 3.31. The number of amides is 3. The van der Waals surface area contributed by atoms with Crippen LogP contribution in [0.25, 0.3) is 0 Å². The van der Waals surface area contributed by atoms with Crippen LogP contribution in [-0.2, 0) is 19.2 Å². The van der Waals surface area contributed by atoms with Gasteiger partial charge in [0.1, 0.15) is 11.7 Å². The number of halogens is 1. The Morgan fingerprint density at radius 3 is 2.24 bits per heavy atom. The molecule has 0 aliphatic carbocycles. The summed E-state index contributed by atoms with van der Waals surface area (Å²) in [5.74, 6) is -2.85. The Labute approximate surface area is 189 Å². The van der Waals surface area contributed by atoms with Crippen molar-refractivity contribution in [3.05, 3.63) is 90.2 Å². The van der Waals surface area contributed by atoms with E-state index in [0.717, 1.165) is 10.5 Å². The smallest absolute Gasteiger partial charge is 0.266 e. The SMILES string of the molecule is CC(=O)Nc1ccc([C@H]2[C@H]3C(=O)N(c4ccccc4F)C(=O)[C@@H]3ON2c2ccccc2)cc1. The van der Waals surface area contributed by atoms with E-state index in [4.69, 9.17) is 4.84 Å². The molecule has 2 heterocycles. The van der Waals surface area contributed by atoms with Crippen LogP contribution in [0.3, 0.4) is 0 Å². The summed E-state index contributed by atoms with van der Waals surface area (Å²) in [4.78, 5) is 45.0. The first kappa shape index (κ1) is 20.8. The van der Waals surface area contributed by atoms with Crippen LogP contribution < -0.4 is 15.3 Å². The normalized spacial score (nSPS) is 21.9. The second-order valence-electron chi connectivity index (χ2n) is 7.92. The molecule has 2 fully saturated rings. The number of para-hydroxylation sites is 2. The third kappa shape index (κ3) is 3.54. The van der Waals surface area contributed by atoms with E-state index in [9.17, 15) is 18.8 Å². The molecular formula is C25H20FN3O4. The number of carbonyl (C=O) groups is 3. The third-order valence-electron chi connectivity index (χ3n) is 5.79. The summed E-state index contributed by atoms with van der Waals surface area (Å²) in [5, 5.41) is 4.27. The second-order valence-corrected chi connectivity index (χ2v) is 7.92. The van der Waals surface area contributed by atoms with Crippen LogP contribution >= 0.6 is 0 Å². The molecule has 0 bridgehead atoms. The lowest BCUT2D eigenvalue weighted by molar-refractivity contribution is -0.126. The average molecular weight is 445 g/mol. The van der Waals surface area contributed by atoms with Crippen LogP contribution in [0.4, 0.5) is 21.5 Å². The van der Waals surface area contributed by atoms with Crippen molar-refractivity contribution in [3.63, 3.8) is 0 Å². The van der Waals surface area contributed by atoms with Gasteiger partial charge in [-0.1, -0.05) is 42.5 Å². The zero-order chi connectivity index (χ0) is 23.1. The van der Waals surface area contributed by atoms with Crippen molar-refractivity contribution in [1.29, 1.82) is 0 Å². The monoisotopic (exact) mass is 445 g/mol. The molecule has 5 rings (SSSR count). The van der Waals surface area contributed by atoms with Crippen LogP contribution in [0.1, 0.15) is 18.5 Å². The molecule has 8 heteroatoms. The molecule has 3 amide bonds. The summed E-state index contributed by atoms with van der Waals surface area (Å²) in [5.41, 5.74) is 1.92. The molecular weight excluding hydrogens is 425 g/mol. The van der Waals surface area contributed by atoms with Crippen molar-refractivity contribution in [3.8, 4) is 0 Å². The molecule has 3 aromatic rings. The van der Waals surface area contributed by atoms with Gasteiger partial charge < -0.3 is 5.32 Å². The number of benzene rings is 3. The maximum atomic E-state index is 14.4. The first-order chi connectivity index (χ1) is 16.0. The van der Waals surface area contributed by atoms with E-state index in [1.54, 1.807) is 35.4 Å². The van der Waals surface area contributed by atoms with Crippen LogP contribution in [0, 0.1) is 11.7 Å². The summed E-state index contributed by atoms with van der Waals surface area (Å²) >= 11 is 0. The predicted octanol–water partition coefficient (Wildman–Crippen LogP) is 3.84. The van der Waals surface area contributed by atoms with E-state index in [1.807, 2.05) is 30.3 Å². The first-order valence-corrected chi connectivity index (χ1v) is 10.5. The van der Waals surface area contributed by atoms with E-state index in [-0.39, 0.29) is 11.6 Å². The Kier molecular flexibility index (Phi) is 5.14. The van der Waals surface area contributed by atoms with Gasteiger partial charge in [0, 0.05) is 12.6 Å². The fourth-order valence-corrected chi connectivity index (χ4v) is 4.39. The number of carbonyl (C=O) groups excluding carboxylic acids is 3. The maximum absolute atomic E-state index is 14.4. The number of hydroxylamine groups is 1. The maximum Gasteiger partial charge on any atom is 0.266 e. The molecule has 2 aliphatic heterocycles. The van der Waals surface area contributed by atoms with E-state index >= 15 is 0 Å². The highest BCUT2D eigenvalue weighted by Gasteiger charge is 2.60. The summed E-state index contributed by atoms with van der Waals surface area (Å²) in [6.45, 7) is 1.42. The van der Waals surface area contributed by atoms with Gasteiger partial charge in [-0.2, -0.15) is 0 Å². The minimum Gasteiger partial charge on any atom is -0.326 e. The lowest BCUT2D eigenvalue weighted by atomic mass is 9.90. The minimum absolute atomic E-state index is 0.0866. The summed E-state index contributed by atoms with van der Waals surface area (Å²) < 4.78 is 14.4. The Morgan fingerprint density at radius 1 is 0.909 bits per heavy atom. The molecule has 2 saturated heterocycles. The summed E-state index contributed by atoms with van der Waals surface area (Å²) in [6, 6.07) is 21.2. The molecule has 7 nitrogen and oxygen atoms in total. The fourth-order valence-electron chi connectivity index (χ4n) is 4.39. The second kappa shape index (κ2) is 8.14. The Balaban J connectivity index is 1.56. The van der Waals surface area contributed by atoms with Gasteiger partial charge in [-0.05, 0) is 42.0 Å². The van der Waals surface area contributed by atoms with Gasteiger partial charge in [-0.15, -0.1) is 0 Å². The third-order valence-corrected chi connectivity index (χ3v) is 5.79. The van der Waals surface area contributed by atoms with Crippen molar-refractivity contribution in [2.45, 2.75) is 19.1 Å². The van der Waals surface area contributed by atoms with Crippen LogP contribution in [0.5, 0.6) is 0 Å². The highest BCUT2D eigenvalue weighted by Crippen LogP contribution is 2.47. The largest absolute Gasteiger partial charge is 0.326 e. The Morgan fingerprint density at radius 2 is 1.58 bits per heavy atom. The number of nitrogens with one attached hydrogen (secondary N) is 1. The van der Waals surface area contributed by atoms with Crippen molar-refractivity contribution in [2.24, 2.45) is 5.92 Å². The first-order valence-electron chi connectivity index (χ1n) is 10.5. The lowest BCUT2D eigenvalue weighted by Crippen LogP contribution is -2.37. The zero-order valence-corrected chi connectivity index (χ0v) is 17.6. The summed E-state index contributed by atoms with van der Waals surface area (Å²) in [6.07, 6.45) is -1.09. The predicted molar refractivity (Wildman–Crippen MR) is 120 cm³/mol. The van der Waals surface area contributed by atoms with E-state index in [0.29, 0.717) is 11.4 Å². The van der Waals surface area contributed by atoms with Crippen LogP contribution in [0.2, 0.25) is 0 Å². The highest BCUT2D eigenvalue weighted by molar-refractivity contribution is 6.24. The van der Waals surface area contributed by atoms with Gasteiger partial charge in [-0.25, -0.2) is 14.4 Å². The number of hydrogen-bond acceptors (Lipinski definition) is 5. The molecule has 0 spiro atoms. The quantitative estimate of drug-likeness (QED) is 0.618. The molecule has 1 N–H and O–H groups in total. The standard InChI is InChI=1S/C25H20FN3O4/c1-15(30)27-17-13-11-16(12-14-17)22-21-23(33-29(22)18-7-3-2-4-8-18)25(32)28(24(21)31)20-10-6-5-9-19(20)26/h2-14,21-23H,1H3,(H,27,30)/t21-,22+,23-/m1/s1. The molecule has 0 saturated carbocycles. The van der Waals surface area contributed by atoms with Crippen LogP contribution in [-0.4, -0.2) is 23.8 Å². The van der Waals surface area contributed by atoms with E-state index < -0.39 is 35.7 Å². The van der Waals surface area contributed by atoms with E-state index in [1.165, 1.54) is 25.1 Å². The number of hydrogen-bond donors (Lipinski definition) is 1. The van der Waals surface area contributed by atoms with Gasteiger partial charge in [0.2, 0.25) is 11.8 Å². The molecule has 2 aliphatic rings. The van der Waals surface area contributed by atoms with Crippen molar-refractivity contribution in [2.75, 3.05) is 15.3 Å². The fraction of sp³-hybridized carbons (Fsp3) is 0.160. The molecule has 3 aromatic carbocycles. The van der Waals surface area contributed by atoms with Crippen molar-refractivity contribution >= 4 is 34.8 Å². The Hall–Kier alpha value is -4.04. The molecule has 33 heavy (non-hydrogen) atoms. The molecule has 0 unspecified atom stereocenters. The number of imide groups is 1. The van der Waals surface area contributed by atoms with Gasteiger partial charge in [0.15, 0.2) is 6.10 Å². The zero-order valence-electron chi connectivity index (χ0n) is 17.6. The molecule has 166 valence electrons. The Bertz CT molecular complexity index is 1230. The van der Waals surface area contributed by atoms with Crippen molar-refractivity contribution in [1.82, 2.24) is 0 Å². The number of rotatable bonds is 4. The number of anilines is 3. The molecule has 0 radical (unpaired) electrons. The van der Waals surface area contributed by atoms with Gasteiger partial charge in [0.25, 0.3) is 5.91 Å². The summed E-state index contributed by atoms with van der Waals surface area (Å²) in [7, 11) is 0. The number of nitrogens with zero attached hydrogens (tertiary/aromatic N) is 2. The van der Waals surface area contributed by atoms with Gasteiger partial charge in [0.05, 0.1) is 17.4 Å². The minimum atomic E-state index is -1.09. The van der Waals surface area contributed by atoms with Crippen LogP contribution in [0.15, 0.2) is 78.9 Å². The topological polar surface area (TPSA) is 79.0 Å². The molecule has 3 atom stereocenters. The van der Waals surface area contributed by atoms with Gasteiger partial charge in [-0.3, -0.25) is 19.2 Å².